The predicted octanol–water partition coefficient (Wildman–Crippen LogP) is 0.0358. The third kappa shape index (κ3) is 4.17. The Hall–Kier alpha value is -2.72. The largest absolute Gasteiger partial charge is 0.404 e. The van der Waals surface area contributed by atoms with Gasteiger partial charge in [0.05, 0.1) is 26.4 Å². The second kappa shape index (κ2) is 7.89. The van der Waals surface area contributed by atoms with Crippen LogP contribution in [0.5, 0.6) is 11.9 Å². The van der Waals surface area contributed by atoms with E-state index < -0.39 is 0 Å². The van der Waals surface area contributed by atoms with Crippen LogP contribution in [0.15, 0.2) is 23.0 Å². The average Bonchev–Trinajstić information content (AvgIpc) is 2.72. The van der Waals surface area contributed by atoms with Crippen LogP contribution in [0.1, 0.15) is 0 Å². The third-order valence-corrected chi connectivity index (χ3v) is 4.48. The summed E-state index contributed by atoms with van der Waals surface area (Å²) in [5, 5.41) is 4.09. The molecular formula is C17H22N6O4. The molecule has 0 radical (unpaired) electrons. The van der Waals surface area contributed by atoms with E-state index in [0.29, 0.717) is 26.4 Å². The van der Waals surface area contributed by atoms with E-state index >= 15 is 0 Å². The maximum Gasteiger partial charge on any atom is 0.327 e. The molecule has 0 aliphatic carbocycles. The summed E-state index contributed by atoms with van der Waals surface area (Å²) in [6, 6.07) is 5.09. The summed E-state index contributed by atoms with van der Waals surface area (Å²) in [5.74, 6) is 1.84. The third-order valence-electron chi connectivity index (χ3n) is 4.48. The van der Waals surface area contributed by atoms with Gasteiger partial charge in [-0.2, -0.15) is 9.97 Å². The van der Waals surface area contributed by atoms with Gasteiger partial charge in [0.2, 0.25) is 5.88 Å². The Morgan fingerprint density at radius 2 is 1.48 bits per heavy atom. The van der Waals surface area contributed by atoms with Crippen LogP contribution in [0.3, 0.4) is 0 Å². The van der Waals surface area contributed by atoms with Crippen molar-refractivity contribution in [3.63, 3.8) is 0 Å². The number of aromatic nitrogens is 4. The van der Waals surface area contributed by atoms with E-state index in [-0.39, 0.29) is 17.4 Å². The smallest absolute Gasteiger partial charge is 0.327 e. The molecule has 0 bridgehead atoms. The minimum absolute atomic E-state index is 0.201. The van der Waals surface area contributed by atoms with E-state index in [1.54, 1.807) is 7.05 Å². The first kappa shape index (κ1) is 17.7. The number of hydrogen-bond donors (Lipinski definition) is 0. The standard InChI is InChI=1S/C17H22N6O4/c1-21-16(24)3-2-15(20-21)27-17-18-13(22-4-8-25-9-5-22)12-14(19-17)23-6-10-26-11-7-23/h2-3,12H,4-11H2,1H3. The highest BCUT2D eigenvalue weighted by Crippen LogP contribution is 2.25. The van der Waals surface area contributed by atoms with Crippen molar-refractivity contribution in [3.8, 4) is 11.9 Å². The van der Waals surface area contributed by atoms with Crippen LogP contribution < -0.4 is 20.1 Å². The van der Waals surface area contributed by atoms with Gasteiger partial charge in [0.15, 0.2) is 0 Å². The van der Waals surface area contributed by atoms with E-state index in [4.69, 9.17) is 14.2 Å². The number of hydrogen-bond acceptors (Lipinski definition) is 9. The molecule has 2 aliphatic heterocycles. The fourth-order valence-electron chi connectivity index (χ4n) is 2.98. The number of rotatable bonds is 4. The normalized spacial score (nSPS) is 17.8. The minimum atomic E-state index is -0.209. The van der Waals surface area contributed by atoms with Crippen LogP contribution in [0, 0.1) is 0 Å². The van der Waals surface area contributed by atoms with Gasteiger partial charge in [0, 0.05) is 51.4 Å². The molecule has 10 nitrogen and oxygen atoms in total. The van der Waals surface area contributed by atoms with E-state index in [1.807, 2.05) is 6.07 Å². The van der Waals surface area contributed by atoms with Crippen LogP contribution in [0.4, 0.5) is 11.6 Å². The van der Waals surface area contributed by atoms with Gasteiger partial charge in [-0.25, -0.2) is 4.68 Å². The lowest BCUT2D eigenvalue weighted by atomic mass is 10.3. The fraction of sp³-hybridized carbons (Fsp3) is 0.529. The van der Waals surface area contributed by atoms with Crippen LogP contribution in [0.25, 0.3) is 0 Å². The van der Waals surface area contributed by atoms with Crippen LogP contribution in [-0.2, 0) is 16.5 Å². The summed E-state index contributed by atoms with van der Waals surface area (Å²) >= 11 is 0. The molecule has 2 saturated heterocycles. The highest BCUT2D eigenvalue weighted by Gasteiger charge is 2.20. The summed E-state index contributed by atoms with van der Waals surface area (Å²) in [7, 11) is 1.57. The van der Waals surface area contributed by atoms with E-state index in [2.05, 4.69) is 24.9 Å². The predicted molar refractivity (Wildman–Crippen MR) is 97.6 cm³/mol. The van der Waals surface area contributed by atoms with Crippen molar-refractivity contribution >= 4 is 11.6 Å². The van der Waals surface area contributed by atoms with Gasteiger partial charge >= 0.3 is 6.01 Å². The van der Waals surface area contributed by atoms with Gasteiger partial charge < -0.3 is 24.0 Å². The molecule has 0 aromatic carbocycles. The fourth-order valence-corrected chi connectivity index (χ4v) is 2.98. The van der Waals surface area contributed by atoms with E-state index in [1.165, 1.54) is 16.8 Å². The van der Waals surface area contributed by atoms with E-state index in [9.17, 15) is 4.79 Å². The second-order valence-electron chi connectivity index (χ2n) is 6.30. The quantitative estimate of drug-likeness (QED) is 0.735. The Morgan fingerprint density at radius 3 is 2.00 bits per heavy atom. The van der Waals surface area contributed by atoms with Crippen molar-refractivity contribution in [2.24, 2.45) is 7.05 Å². The average molecular weight is 374 g/mol. The molecule has 4 rings (SSSR count). The lowest BCUT2D eigenvalue weighted by Crippen LogP contribution is -2.38. The lowest BCUT2D eigenvalue weighted by molar-refractivity contribution is 0.121. The zero-order valence-corrected chi connectivity index (χ0v) is 15.2. The summed E-state index contributed by atoms with van der Waals surface area (Å²) in [6.45, 7) is 5.69. The zero-order chi connectivity index (χ0) is 18.6. The molecule has 0 N–H and O–H groups in total. The molecule has 2 aromatic heterocycles. The first-order valence-electron chi connectivity index (χ1n) is 8.96. The van der Waals surface area contributed by atoms with E-state index in [0.717, 1.165) is 37.8 Å². The Morgan fingerprint density at radius 1 is 0.926 bits per heavy atom. The van der Waals surface area contributed by atoms with Gasteiger partial charge in [0.1, 0.15) is 11.6 Å². The molecule has 2 aromatic rings. The van der Waals surface area contributed by atoms with Crippen LogP contribution >= 0.6 is 0 Å². The molecule has 0 atom stereocenters. The van der Waals surface area contributed by atoms with Crippen molar-refractivity contribution < 1.29 is 14.2 Å². The maximum atomic E-state index is 11.5. The minimum Gasteiger partial charge on any atom is -0.404 e. The molecule has 10 heteroatoms. The second-order valence-corrected chi connectivity index (χ2v) is 6.30. The Labute approximate surface area is 156 Å². The van der Waals surface area contributed by atoms with Gasteiger partial charge in [-0.05, 0) is 0 Å². The first-order valence-corrected chi connectivity index (χ1v) is 8.96. The highest BCUT2D eigenvalue weighted by molar-refractivity contribution is 5.52. The summed E-state index contributed by atoms with van der Waals surface area (Å²) in [5.41, 5.74) is -0.209. The molecule has 144 valence electrons. The first-order chi connectivity index (χ1) is 13.2. The Kier molecular flexibility index (Phi) is 5.16. The SMILES string of the molecule is Cn1nc(Oc2nc(N3CCOCC3)cc(N3CCOCC3)n2)ccc1=O. The Bertz CT molecular complexity index is 809. The lowest BCUT2D eigenvalue weighted by Gasteiger charge is -2.31. The molecule has 2 fully saturated rings. The molecule has 0 spiro atoms. The molecule has 2 aliphatic rings. The number of nitrogens with zero attached hydrogens (tertiary/aromatic N) is 6. The van der Waals surface area contributed by atoms with Crippen molar-refractivity contribution in [3.05, 3.63) is 28.6 Å². The molecule has 0 unspecified atom stereocenters. The van der Waals surface area contributed by atoms with Gasteiger partial charge in [0.25, 0.3) is 5.56 Å². The topological polar surface area (TPSA) is 94.8 Å². The van der Waals surface area contributed by atoms with Crippen molar-refractivity contribution in [2.75, 3.05) is 62.4 Å². The molecule has 27 heavy (non-hydrogen) atoms. The van der Waals surface area contributed by atoms with Gasteiger partial charge in [-0.15, -0.1) is 5.10 Å². The molecule has 0 amide bonds. The van der Waals surface area contributed by atoms with Gasteiger partial charge in [-0.3, -0.25) is 4.79 Å². The summed E-state index contributed by atoms with van der Waals surface area (Å²) < 4.78 is 17.8. The number of morpholine rings is 2. The molecular weight excluding hydrogens is 352 g/mol. The van der Waals surface area contributed by atoms with Crippen molar-refractivity contribution in [1.82, 2.24) is 19.7 Å². The van der Waals surface area contributed by atoms with Gasteiger partial charge in [-0.1, -0.05) is 0 Å². The monoisotopic (exact) mass is 374 g/mol. The Balaban J connectivity index is 1.65. The highest BCUT2D eigenvalue weighted by atomic mass is 16.5. The maximum absolute atomic E-state index is 11.5. The molecule has 0 saturated carbocycles. The van der Waals surface area contributed by atoms with Crippen LogP contribution in [-0.4, -0.2) is 72.4 Å². The van der Waals surface area contributed by atoms with Crippen molar-refractivity contribution in [2.45, 2.75) is 0 Å². The zero-order valence-electron chi connectivity index (χ0n) is 15.2. The number of ether oxygens (including phenoxy) is 3. The number of aryl methyl sites for hydroxylation is 1. The van der Waals surface area contributed by atoms with Crippen molar-refractivity contribution in [1.29, 1.82) is 0 Å². The molecule has 4 heterocycles. The number of anilines is 2. The van der Waals surface area contributed by atoms with Crippen LogP contribution in [0.2, 0.25) is 0 Å². The summed E-state index contributed by atoms with van der Waals surface area (Å²) in [6.07, 6.45) is 0. The summed E-state index contributed by atoms with van der Waals surface area (Å²) in [4.78, 5) is 24.9.